The molecule has 0 radical (unpaired) electrons. The molecule has 0 rings (SSSR count). The molecule has 0 aliphatic heterocycles. The van der Waals surface area contributed by atoms with Crippen LogP contribution in [0.2, 0.25) is 0 Å². The molecule has 0 aromatic carbocycles. The predicted molar refractivity (Wildman–Crippen MR) is 37.7 cm³/mol. The molecule has 0 bridgehead atoms. The van der Waals surface area contributed by atoms with Crippen molar-refractivity contribution < 1.29 is 0 Å². The molecule has 2 N–H and O–H groups in total. The monoisotopic (exact) mass is 115 g/mol. The van der Waals surface area contributed by atoms with Crippen LogP contribution in [0, 0.1) is 5.41 Å². The fraction of sp³-hybridized carbons (Fsp3) is 0.600. The van der Waals surface area contributed by atoms with E-state index in [1.165, 1.54) is 6.21 Å². The van der Waals surface area contributed by atoms with Gasteiger partial charge in [-0.15, -0.1) is 0 Å². The molecule has 0 atom stereocenters. The molecule has 0 spiro atoms. The summed E-state index contributed by atoms with van der Waals surface area (Å²) in [6.07, 6.45) is 2.94. The van der Waals surface area contributed by atoms with E-state index in [1.54, 1.807) is 20.2 Å². The minimum Gasteiger partial charge on any atom is -0.313 e. The van der Waals surface area contributed by atoms with Crippen molar-refractivity contribution in [3.63, 3.8) is 0 Å². The van der Waals surface area contributed by atoms with Crippen LogP contribution >= 0.6 is 0 Å². The van der Waals surface area contributed by atoms with E-state index < -0.39 is 0 Å². The highest BCUT2D eigenvalue weighted by molar-refractivity contribution is 5.52. The van der Waals surface area contributed by atoms with E-state index in [0.29, 0.717) is 0 Å². The average molecular weight is 115 g/mol. The summed E-state index contributed by atoms with van der Waals surface area (Å²) in [5, 5.41) is 9.68. The van der Waals surface area contributed by atoms with E-state index >= 15 is 0 Å². The van der Waals surface area contributed by atoms with Crippen LogP contribution in [0.3, 0.4) is 0 Å². The predicted octanol–water partition coefficient (Wildman–Crippen LogP) is 0.867. The maximum Gasteiger partial charge on any atom is 0.0217 e. The zero-order chi connectivity index (χ0) is 6.83. The average Bonchev–Trinajstić information content (AvgIpc) is 1.71. The summed E-state index contributed by atoms with van der Waals surface area (Å²) in [5.74, 6) is 0. The van der Waals surface area contributed by atoms with Gasteiger partial charge in [-0.1, -0.05) is 0 Å². The third kappa shape index (κ3) is 67.8. The Kier molecular flexibility index (Phi) is 21.0. The van der Waals surface area contributed by atoms with E-state index in [-0.39, 0.29) is 0 Å². The van der Waals surface area contributed by atoms with Crippen LogP contribution in [-0.2, 0) is 0 Å². The summed E-state index contributed by atoms with van der Waals surface area (Å²) < 4.78 is 0. The van der Waals surface area contributed by atoms with Crippen molar-refractivity contribution in [2.24, 2.45) is 5.10 Å². The van der Waals surface area contributed by atoms with Gasteiger partial charge in [-0.2, -0.15) is 5.10 Å². The lowest BCUT2D eigenvalue weighted by atomic mass is 10.9. The second kappa shape index (κ2) is 16.5. The van der Waals surface area contributed by atoms with Gasteiger partial charge in [0.15, 0.2) is 0 Å². The molecular weight excluding hydrogens is 102 g/mol. The second-order valence-electron chi connectivity index (χ2n) is 0.900. The van der Waals surface area contributed by atoms with Gasteiger partial charge in [0.25, 0.3) is 0 Å². The van der Waals surface area contributed by atoms with Crippen LogP contribution in [0.25, 0.3) is 0 Å². The van der Waals surface area contributed by atoms with Crippen LogP contribution in [-0.4, -0.2) is 19.5 Å². The minimum atomic E-state index is 1.25. The maximum atomic E-state index is 6.08. The third-order valence-electron chi connectivity index (χ3n) is 0.258. The minimum absolute atomic E-state index is 1.25. The normalized spacial score (nSPS) is 7.38. The van der Waals surface area contributed by atoms with Gasteiger partial charge in [-0.3, -0.25) is 0 Å². The van der Waals surface area contributed by atoms with Crippen LogP contribution in [0.1, 0.15) is 13.8 Å². The molecule has 3 nitrogen and oxygen atoms in total. The van der Waals surface area contributed by atoms with E-state index in [9.17, 15) is 0 Å². The number of nitrogens with one attached hydrogen (secondary N) is 2. The Morgan fingerprint density at radius 3 is 1.88 bits per heavy atom. The molecule has 0 amide bonds. The summed E-state index contributed by atoms with van der Waals surface area (Å²) in [5.41, 5.74) is 2.59. The standard InChI is InChI=1S/C3H8N2.C2H5N/c1-3-5-4-2;1-2-3/h3-4H,1-2H3;2-3H,1H3/b5-3-;. The Labute approximate surface area is 50.3 Å². The van der Waals surface area contributed by atoms with E-state index in [1.807, 2.05) is 6.92 Å². The molecule has 0 saturated carbocycles. The first-order valence-electron chi connectivity index (χ1n) is 2.43. The van der Waals surface area contributed by atoms with Crippen molar-refractivity contribution in [3.8, 4) is 0 Å². The highest BCUT2D eigenvalue weighted by Gasteiger charge is 1.44. The molecule has 0 aliphatic rings. The number of rotatable bonds is 1. The Morgan fingerprint density at radius 2 is 1.88 bits per heavy atom. The first kappa shape index (κ1) is 10.2. The lowest BCUT2D eigenvalue weighted by Crippen LogP contribution is -1.90. The van der Waals surface area contributed by atoms with Crippen LogP contribution in [0.15, 0.2) is 5.10 Å². The van der Waals surface area contributed by atoms with E-state index in [4.69, 9.17) is 5.41 Å². The summed E-state index contributed by atoms with van der Waals surface area (Å²) in [7, 11) is 1.76. The number of hydrogen-bond donors (Lipinski definition) is 2. The molecular formula is C5H13N3. The van der Waals surface area contributed by atoms with Gasteiger partial charge >= 0.3 is 0 Å². The fourth-order valence-electron chi connectivity index (χ4n) is 0.129. The molecule has 8 heavy (non-hydrogen) atoms. The Bertz CT molecular complexity index is 58.7. The van der Waals surface area contributed by atoms with Crippen LogP contribution < -0.4 is 5.43 Å². The van der Waals surface area contributed by atoms with E-state index in [2.05, 4.69) is 10.5 Å². The molecule has 0 aromatic rings. The van der Waals surface area contributed by atoms with Crippen molar-refractivity contribution in [1.82, 2.24) is 5.43 Å². The Morgan fingerprint density at radius 1 is 1.50 bits per heavy atom. The van der Waals surface area contributed by atoms with Gasteiger partial charge < -0.3 is 10.8 Å². The SMILES string of the molecule is C/C=N\NC.CC=N. The molecule has 0 aromatic heterocycles. The molecule has 48 valence electrons. The largest absolute Gasteiger partial charge is 0.313 e. The molecule has 0 heterocycles. The first-order chi connectivity index (χ1) is 3.83. The summed E-state index contributed by atoms with van der Waals surface area (Å²) in [4.78, 5) is 0. The Hall–Kier alpha value is -0.860. The molecule has 0 saturated heterocycles. The number of nitrogens with zero attached hydrogens (tertiary/aromatic N) is 1. The quantitative estimate of drug-likeness (QED) is 0.386. The van der Waals surface area contributed by atoms with Gasteiger partial charge in [0.1, 0.15) is 0 Å². The van der Waals surface area contributed by atoms with Gasteiger partial charge in [0.05, 0.1) is 0 Å². The fourth-order valence-corrected chi connectivity index (χ4v) is 0.129. The summed E-state index contributed by atoms with van der Waals surface area (Å²) in [6.45, 7) is 3.52. The maximum absolute atomic E-state index is 6.08. The van der Waals surface area contributed by atoms with Gasteiger partial charge in [0, 0.05) is 13.3 Å². The summed E-state index contributed by atoms with van der Waals surface area (Å²) in [6, 6.07) is 0. The van der Waals surface area contributed by atoms with Crippen LogP contribution in [0.5, 0.6) is 0 Å². The van der Waals surface area contributed by atoms with Gasteiger partial charge in [-0.25, -0.2) is 0 Å². The first-order valence-corrected chi connectivity index (χ1v) is 2.43. The van der Waals surface area contributed by atoms with E-state index in [0.717, 1.165) is 0 Å². The van der Waals surface area contributed by atoms with Crippen molar-refractivity contribution in [2.75, 3.05) is 7.05 Å². The smallest absolute Gasteiger partial charge is 0.0217 e. The summed E-state index contributed by atoms with van der Waals surface area (Å²) >= 11 is 0. The second-order valence-corrected chi connectivity index (χ2v) is 0.900. The topological polar surface area (TPSA) is 48.2 Å². The number of hydrogen-bond acceptors (Lipinski definition) is 3. The molecule has 0 fully saturated rings. The lowest BCUT2D eigenvalue weighted by molar-refractivity contribution is 0.906. The van der Waals surface area contributed by atoms with Crippen molar-refractivity contribution in [2.45, 2.75) is 13.8 Å². The van der Waals surface area contributed by atoms with Crippen LogP contribution in [0.4, 0.5) is 0 Å². The van der Waals surface area contributed by atoms with Gasteiger partial charge in [0.2, 0.25) is 0 Å². The highest BCUT2D eigenvalue weighted by Crippen LogP contribution is 1.41. The van der Waals surface area contributed by atoms with Crippen molar-refractivity contribution in [3.05, 3.63) is 0 Å². The lowest BCUT2D eigenvalue weighted by Gasteiger charge is -1.75. The zero-order valence-electron chi connectivity index (χ0n) is 5.60. The third-order valence-corrected chi connectivity index (χ3v) is 0.258. The zero-order valence-corrected chi connectivity index (χ0v) is 5.60. The molecule has 0 unspecified atom stereocenters. The number of hydrazone groups is 1. The Balaban J connectivity index is 0. The van der Waals surface area contributed by atoms with Crippen molar-refractivity contribution >= 4 is 12.4 Å². The molecule has 3 heteroatoms. The van der Waals surface area contributed by atoms with Gasteiger partial charge in [-0.05, 0) is 20.1 Å². The van der Waals surface area contributed by atoms with Crippen molar-refractivity contribution in [1.29, 1.82) is 5.41 Å². The molecule has 0 aliphatic carbocycles. The highest BCUT2D eigenvalue weighted by atomic mass is 15.2.